The number of nitrogens with zero attached hydrogens (tertiary/aromatic N) is 3. The predicted molar refractivity (Wildman–Crippen MR) is 121 cm³/mol. The number of aliphatic imine (C=N–C) groups is 1. The molecule has 1 aromatic heterocycles. The Hall–Kier alpha value is -4.06. The van der Waals surface area contributed by atoms with Crippen LogP contribution in [0.1, 0.15) is 11.1 Å². The summed E-state index contributed by atoms with van der Waals surface area (Å²) in [5, 5.41) is 15.1. The summed E-state index contributed by atoms with van der Waals surface area (Å²) in [5.74, 6) is -0.147. The van der Waals surface area contributed by atoms with Crippen molar-refractivity contribution in [2.45, 2.75) is 4.90 Å². The second kappa shape index (κ2) is 8.59. The van der Waals surface area contributed by atoms with Crippen LogP contribution < -0.4 is 5.14 Å². The maximum atomic E-state index is 14.1. The lowest BCUT2D eigenvalue weighted by molar-refractivity contribution is 0.598. The predicted octanol–water partition coefficient (Wildman–Crippen LogP) is 4.55. The van der Waals surface area contributed by atoms with Crippen LogP contribution in [0, 0.1) is 17.1 Å². The Morgan fingerprint density at radius 3 is 2.25 bits per heavy atom. The Balaban J connectivity index is 1.91. The molecule has 4 rings (SSSR count). The first-order valence-corrected chi connectivity index (χ1v) is 11.1. The molecular weight excluding hydrogens is 427 g/mol. The van der Waals surface area contributed by atoms with Crippen LogP contribution in [-0.4, -0.2) is 19.2 Å². The highest BCUT2D eigenvalue weighted by Crippen LogP contribution is 2.35. The fraction of sp³-hybridized carbons (Fsp3) is 0. The number of nitriles is 1. The van der Waals surface area contributed by atoms with Crippen molar-refractivity contribution in [3.05, 3.63) is 102 Å². The van der Waals surface area contributed by atoms with Crippen LogP contribution in [0.3, 0.4) is 0 Å². The smallest absolute Gasteiger partial charge is 0.238 e. The summed E-state index contributed by atoms with van der Waals surface area (Å²) in [6, 6.07) is 23.6. The van der Waals surface area contributed by atoms with Gasteiger partial charge in [-0.2, -0.15) is 5.26 Å². The largest absolute Gasteiger partial charge is 0.300 e. The van der Waals surface area contributed by atoms with Gasteiger partial charge in [0.05, 0.1) is 4.90 Å². The van der Waals surface area contributed by atoms with Gasteiger partial charge in [-0.15, -0.1) is 0 Å². The molecule has 3 aromatic carbocycles. The first kappa shape index (κ1) is 21.2. The van der Waals surface area contributed by atoms with Gasteiger partial charge in [0.2, 0.25) is 10.0 Å². The van der Waals surface area contributed by atoms with Gasteiger partial charge in [0.1, 0.15) is 17.4 Å². The van der Waals surface area contributed by atoms with E-state index in [4.69, 9.17) is 5.14 Å². The van der Waals surface area contributed by atoms with Crippen molar-refractivity contribution in [1.29, 1.82) is 5.26 Å². The number of rotatable bonds is 5. The van der Waals surface area contributed by atoms with E-state index in [1.165, 1.54) is 24.4 Å². The van der Waals surface area contributed by atoms with E-state index in [2.05, 4.69) is 11.1 Å². The van der Waals surface area contributed by atoms with Crippen molar-refractivity contribution in [3.63, 3.8) is 0 Å². The number of primary sulfonamides is 1. The van der Waals surface area contributed by atoms with Crippen LogP contribution in [0.15, 0.2) is 94.9 Å². The van der Waals surface area contributed by atoms with E-state index in [1.54, 1.807) is 41.1 Å². The molecule has 32 heavy (non-hydrogen) atoms. The number of halogens is 1. The molecule has 0 aliphatic heterocycles. The molecule has 4 aromatic rings. The quantitative estimate of drug-likeness (QED) is 0.457. The number of hydrogen-bond donors (Lipinski definition) is 1. The zero-order valence-electron chi connectivity index (χ0n) is 16.7. The summed E-state index contributed by atoms with van der Waals surface area (Å²) in [6.07, 6.45) is 3.10. The van der Waals surface area contributed by atoms with Crippen LogP contribution in [0.2, 0.25) is 0 Å². The third-order valence-electron chi connectivity index (χ3n) is 4.85. The maximum Gasteiger partial charge on any atom is 0.238 e. The molecule has 1 heterocycles. The minimum Gasteiger partial charge on any atom is -0.300 e. The van der Waals surface area contributed by atoms with Gasteiger partial charge in [0.25, 0.3) is 0 Å². The van der Waals surface area contributed by atoms with Crippen LogP contribution in [0.4, 0.5) is 10.2 Å². The highest BCUT2D eigenvalue weighted by Gasteiger charge is 2.18. The van der Waals surface area contributed by atoms with Crippen LogP contribution in [-0.2, 0) is 10.0 Å². The topological polar surface area (TPSA) is 101 Å². The Bertz CT molecular complexity index is 1450. The third-order valence-corrected chi connectivity index (χ3v) is 5.78. The molecule has 0 spiro atoms. The van der Waals surface area contributed by atoms with Crippen LogP contribution in [0.5, 0.6) is 0 Å². The van der Waals surface area contributed by atoms with Crippen molar-refractivity contribution >= 4 is 22.1 Å². The molecule has 0 radical (unpaired) electrons. The molecule has 0 saturated heterocycles. The van der Waals surface area contributed by atoms with Gasteiger partial charge in [0.15, 0.2) is 5.82 Å². The fourth-order valence-corrected chi connectivity index (χ4v) is 3.79. The van der Waals surface area contributed by atoms with Gasteiger partial charge in [-0.1, -0.05) is 48.5 Å². The molecule has 0 atom stereocenters. The molecule has 0 aliphatic rings. The van der Waals surface area contributed by atoms with Crippen LogP contribution >= 0.6 is 0 Å². The lowest BCUT2D eigenvalue weighted by Gasteiger charge is -2.07. The fourth-order valence-electron chi connectivity index (χ4n) is 3.27. The van der Waals surface area contributed by atoms with Crippen molar-refractivity contribution in [1.82, 2.24) is 4.57 Å². The van der Waals surface area contributed by atoms with Gasteiger partial charge in [-0.3, -0.25) is 0 Å². The molecule has 0 fully saturated rings. The molecule has 0 saturated carbocycles. The minimum absolute atomic E-state index is 0.0337. The molecule has 0 amide bonds. The summed E-state index contributed by atoms with van der Waals surface area (Å²) >= 11 is 0. The summed E-state index contributed by atoms with van der Waals surface area (Å²) in [7, 11) is -3.85. The molecule has 0 aliphatic carbocycles. The number of aromatic nitrogens is 1. The van der Waals surface area contributed by atoms with Gasteiger partial charge >= 0.3 is 0 Å². The Kier molecular flexibility index (Phi) is 5.69. The number of nitrogens with two attached hydrogens (primary N) is 1. The zero-order chi connectivity index (χ0) is 22.7. The third kappa shape index (κ3) is 4.21. The Morgan fingerprint density at radius 1 is 0.969 bits per heavy atom. The standard InChI is InChI=1S/C24H17FN4O2S/c25-23-9-5-4-8-18(23)15-28-24-21(14-26)22(17-6-2-1-3-7-17)16-29(24)19-10-12-20(13-11-19)32(27,30)31/h1-13,15-16H,(H2,27,30,31)/b28-15+. The molecule has 6 nitrogen and oxygen atoms in total. The van der Waals surface area contributed by atoms with Gasteiger partial charge in [-0.05, 0) is 35.9 Å². The van der Waals surface area contributed by atoms with Crippen molar-refractivity contribution in [3.8, 4) is 22.9 Å². The Labute approximate surface area is 184 Å². The van der Waals surface area contributed by atoms with E-state index in [-0.39, 0.29) is 16.3 Å². The van der Waals surface area contributed by atoms with Crippen molar-refractivity contribution in [2.24, 2.45) is 10.1 Å². The normalized spacial score (nSPS) is 11.5. The van der Waals surface area contributed by atoms with E-state index in [9.17, 15) is 18.1 Å². The summed E-state index contributed by atoms with van der Waals surface area (Å²) in [6.45, 7) is 0. The monoisotopic (exact) mass is 444 g/mol. The van der Waals surface area contributed by atoms with Crippen molar-refractivity contribution in [2.75, 3.05) is 0 Å². The molecule has 0 unspecified atom stereocenters. The highest BCUT2D eigenvalue weighted by molar-refractivity contribution is 7.89. The number of hydrogen-bond acceptors (Lipinski definition) is 4. The highest BCUT2D eigenvalue weighted by atomic mass is 32.2. The molecule has 2 N–H and O–H groups in total. The Morgan fingerprint density at radius 2 is 1.62 bits per heavy atom. The number of benzene rings is 3. The molecule has 8 heteroatoms. The number of sulfonamides is 1. The first-order chi connectivity index (χ1) is 15.4. The minimum atomic E-state index is -3.85. The van der Waals surface area contributed by atoms with E-state index in [1.807, 2.05) is 30.3 Å². The summed E-state index contributed by atoms with van der Waals surface area (Å²) < 4.78 is 38.9. The van der Waals surface area contributed by atoms with E-state index in [0.717, 1.165) is 5.56 Å². The van der Waals surface area contributed by atoms with Crippen LogP contribution in [0.25, 0.3) is 16.8 Å². The van der Waals surface area contributed by atoms with Gasteiger partial charge < -0.3 is 4.57 Å². The molecule has 0 bridgehead atoms. The average molecular weight is 444 g/mol. The second-order valence-electron chi connectivity index (χ2n) is 6.91. The van der Waals surface area contributed by atoms with Gasteiger partial charge in [0, 0.05) is 29.2 Å². The average Bonchev–Trinajstić information content (AvgIpc) is 3.17. The summed E-state index contributed by atoms with van der Waals surface area (Å²) in [4.78, 5) is 4.40. The lowest BCUT2D eigenvalue weighted by Crippen LogP contribution is -2.11. The molecule has 158 valence electrons. The van der Waals surface area contributed by atoms with Gasteiger partial charge in [-0.25, -0.2) is 22.9 Å². The second-order valence-corrected chi connectivity index (χ2v) is 8.47. The molecular formula is C24H17FN4O2S. The zero-order valence-corrected chi connectivity index (χ0v) is 17.5. The van der Waals surface area contributed by atoms with Crippen molar-refractivity contribution < 1.29 is 12.8 Å². The maximum absolute atomic E-state index is 14.1. The SMILES string of the molecule is N#Cc1c(-c2ccccc2)cn(-c2ccc(S(N)(=O)=O)cc2)c1/N=C/c1ccccc1F. The summed E-state index contributed by atoms with van der Waals surface area (Å²) in [5.41, 5.74) is 2.60. The van der Waals surface area contributed by atoms with E-state index >= 15 is 0 Å². The van der Waals surface area contributed by atoms with E-state index in [0.29, 0.717) is 16.8 Å². The lowest BCUT2D eigenvalue weighted by atomic mass is 10.1. The van der Waals surface area contributed by atoms with E-state index < -0.39 is 15.8 Å². The first-order valence-electron chi connectivity index (χ1n) is 9.51.